The average Bonchev–Trinajstić information content (AvgIpc) is 2.96. The SMILES string of the molecule is Cc1ccc(S(C)(=O)=O)cc1C(=O)Nc1cccc(-c2nnc3n2CCCCC3)c1. The zero-order valence-electron chi connectivity index (χ0n) is 17.1. The largest absolute Gasteiger partial charge is 0.322 e. The summed E-state index contributed by atoms with van der Waals surface area (Å²) in [6.45, 7) is 2.68. The topological polar surface area (TPSA) is 93.9 Å². The van der Waals surface area contributed by atoms with Crippen LogP contribution in [0.3, 0.4) is 0 Å². The smallest absolute Gasteiger partial charge is 0.255 e. The number of hydrogen-bond acceptors (Lipinski definition) is 5. The lowest BCUT2D eigenvalue weighted by molar-refractivity contribution is 0.102. The molecule has 1 amide bonds. The van der Waals surface area contributed by atoms with Gasteiger partial charge in [0.15, 0.2) is 15.7 Å². The van der Waals surface area contributed by atoms with Gasteiger partial charge in [0.1, 0.15) is 5.82 Å². The van der Waals surface area contributed by atoms with Crippen LogP contribution in [0.15, 0.2) is 47.4 Å². The van der Waals surface area contributed by atoms with Crippen molar-refractivity contribution in [1.29, 1.82) is 0 Å². The van der Waals surface area contributed by atoms with E-state index in [9.17, 15) is 13.2 Å². The Balaban J connectivity index is 1.62. The van der Waals surface area contributed by atoms with Gasteiger partial charge in [0.25, 0.3) is 5.91 Å². The predicted molar refractivity (Wildman–Crippen MR) is 115 cm³/mol. The molecule has 0 aliphatic carbocycles. The van der Waals surface area contributed by atoms with E-state index in [0.717, 1.165) is 49.3 Å². The van der Waals surface area contributed by atoms with Gasteiger partial charge in [-0.2, -0.15) is 0 Å². The highest BCUT2D eigenvalue weighted by Gasteiger charge is 2.18. The van der Waals surface area contributed by atoms with Crippen LogP contribution in [-0.4, -0.2) is 35.3 Å². The maximum atomic E-state index is 12.9. The second kappa shape index (κ2) is 8.02. The van der Waals surface area contributed by atoms with Crippen LogP contribution in [0.5, 0.6) is 0 Å². The molecule has 1 aromatic heterocycles. The number of benzene rings is 2. The van der Waals surface area contributed by atoms with Gasteiger partial charge in [-0.05, 0) is 49.6 Å². The standard InChI is InChI=1S/C22H24N4O3S/c1-15-10-11-18(30(2,28)29)14-19(15)22(27)23-17-8-6-7-16(13-17)21-25-24-20-9-4-3-5-12-26(20)21/h6-8,10-11,13-14H,3-5,9,12H2,1-2H3,(H,23,27). The van der Waals surface area contributed by atoms with Crippen molar-refractivity contribution in [2.45, 2.75) is 44.0 Å². The molecule has 0 saturated carbocycles. The van der Waals surface area contributed by atoms with E-state index in [-0.39, 0.29) is 10.8 Å². The van der Waals surface area contributed by atoms with E-state index in [4.69, 9.17) is 0 Å². The van der Waals surface area contributed by atoms with E-state index >= 15 is 0 Å². The number of hydrogen-bond donors (Lipinski definition) is 1. The summed E-state index contributed by atoms with van der Waals surface area (Å²) < 4.78 is 25.9. The third kappa shape index (κ3) is 4.14. The monoisotopic (exact) mass is 424 g/mol. The highest BCUT2D eigenvalue weighted by molar-refractivity contribution is 7.90. The van der Waals surface area contributed by atoms with Gasteiger partial charge in [-0.25, -0.2) is 8.42 Å². The fourth-order valence-corrected chi connectivity index (χ4v) is 4.36. The van der Waals surface area contributed by atoms with Gasteiger partial charge in [-0.15, -0.1) is 10.2 Å². The average molecular weight is 425 g/mol. The predicted octanol–water partition coefficient (Wildman–Crippen LogP) is 3.64. The number of carbonyl (C=O) groups excluding carboxylic acids is 1. The molecule has 0 unspecified atom stereocenters. The molecule has 1 aliphatic rings. The maximum absolute atomic E-state index is 12.9. The zero-order chi connectivity index (χ0) is 21.3. The maximum Gasteiger partial charge on any atom is 0.255 e. The lowest BCUT2D eigenvalue weighted by Crippen LogP contribution is -2.14. The second-order valence-electron chi connectivity index (χ2n) is 7.69. The number of carbonyl (C=O) groups is 1. The highest BCUT2D eigenvalue weighted by atomic mass is 32.2. The summed E-state index contributed by atoms with van der Waals surface area (Å²) in [5, 5.41) is 11.6. The molecule has 0 radical (unpaired) electrons. The zero-order valence-corrected chi connectivity index (χ0v) is 17.9. The van der Waals surface area contributed by atoms with Gasteiger partial charge >= 0.3 is 0 Å². The molecular weight excluding hydrogens is 400 g/mol. The summed E-state index contributed by atoms with van der Waals surface area (Å²) in [7, 11) is -3.39. The van der Waals surface area contributed by atoms with Crippen LogP contribution in [0.1, 0.15) is 41.0 Å². The van der Waals surface area contributed by atoms with Crippen LogP contribution in [0, 0.1) is 6.92 Å². The van der Waals surface area contributed by atoms with Crippen LogP contribution in [-0.2, 0) is 22.8 Å². The number of aryl methyl sites for hydroxylation is 2. The molecule has 7 nitrogen and oxygen atoms in total. The number of nitrogens with zero attached hydrogens (tertiary/aromatic N) is 3. The first kappa shape index (κ1) is 20.3. The molecule has 2 aromatic carbocycles. The number of amides is 1. The number of nitrogens with one attached hydrogen (secondary N) is 1. The lowest BCUT2D eigenvalue weighted by Gasteiger charge is -2.11. The van der Waals surface area contributed by atoms with Crippen molar-refractivity contribution in [2.24, 2.45) is 0 Å². The van der Waals surface area contributed by atoms with Gasteiger partial charge in [-0.3, -0.25) is 4.79 Å². The van der Waals surface area contributed by atoms with Gasteiger partial charge in [0.2, 0.25) is 0 Å². The Bertz CT molecular complexity index is 1210. The van der Waals surface area contributed by atoms with E-state index in [0.29, 0.717) is 16.8 Å². The third-order valence-electron chi connectivity index (χ3n) is 5.37. The van der Waals surface area contributed by atoms with E-state index in [1.54, 1.807) is 19.1 Å². The fraction of sp³-hybridized carbons (Fsp3) is 0.318. The Morgan fingerprint density at radius 1 is 1.07 bits per heavy atom. The van der Waals surface area contributed by atoms with Crippen molar-refractivity contribution < 1.29 is 13.2 Å². The summed E-state index contributed by atoms with van der Waals surface area (Å²) in [6.07, 6.45) is 5.47. The van der Waals surface area contributed by atoms with Crippen LogP contribution < -0.4 is 5.32 Å². The first-order chi connectivity index (χ1) is 14.3. The molecule has 8 heteroatoms. The van der Waals surface area contributed by atoms with Crippen LogP contribution in [0.2, 0.25) is 0 Å². The fourth-order valence-electron chi connectivity index (χ4n) is 3.71. The van der Waals surface area contributed by atoms with Crippen LogP contribution >= 0.6 is 0 Å². The van der Waals surface area contributed by atoms with Gasteiger partial charge < -0.3 is 9.88 Å². The Kier molecular flexibility index (Phi) is 5.42. The highest BCUT2D eigenvalue weighted by Crippen LogP contribution is 2.25. The normalized spacial score (nSPS) is 14.1. The molecule has 4 rings (SSSR count). The molecule has 156 valence electrons. The summed E-state index contributed by atoms with van der Waals surface area (Å²) in [5.41, 5.74) is 2.54. The molecule has 0 bridgehead atoms. The Labute approximate surface area is 176 Å². The molecule has 0 spiro atoms. The van der Waals surface area contributed by atoms with E-state index in [1.807, 2.05) is 18.2 Å². The lowest BCUT2D eigenvalue weighted by atomic mass is 10.1. The van der Waals surface area contributed by atoms with Crippen molar-refractivity contribution in [1.82, 2.24) is 14.8 Å². The first-order valence-corrected chi connectivity index (χ1v) is 11.9. The summed E-state index contributed by atoms with van der Waals surface area (Å²) in [4.78, 5) is 13.0. The minimum absolute atomic E-state index is 0.123. The van der Waals surface area contributed by atoms with Crippen molar-refractivity contribution in [2.75, 3.05) is 11.6 Å². The number of sulfone groups is 1. The molecule has 3 aromatic rings. The van der Waals surface area contributed by atoms with E-state index in [2.05, 4.69) is 20.1 Å². The molecule has 0 fully saturated rings. The molecule has 30 heavy (non-hydrogen) atoms. The molecule has 0 atom stereocenters. The van der Waals surface area contributed by atoms with E-state index in [1.165, 1.54) is 18.6 Å². The number of aromatic nitrogens is 3. The van der Waals surface area contributed by atoms with Gasteiger partial charge in [0.05, 0.1) is 4.90 Å². The van der Waals surface area contributed by atoms with Gasteiger partial charge in [0, 0.05) is 36.0 Å². The molecule has 2 heterocycles. The molecule has 1 N–H and O–H groups in total. The minimum Gasteiger partial charge on any atom is -0.322 e. The van der Waals surface area contributed by atoms with Crippen molar-refractivity contribution >= 4 is 21.4 Å². The Morgan fingerprint density at radius 2 is 1.90 bits per heavy atom. The number of rotatable bonds is 4. The van der Waals surface area contributed by atoms with E-state index < -0.39 is 9.84 Å². The Morgan fingerprint density at radius 3 is 2.70 bits per heavy atom. The van der Waals surface area contributed by atoms with Crippen molar-refractivity contribution in [3.63, 3.8) is 0 Å². The molecular formula is C22H24N4O3S. The minimum atomic E-state index is -3.39. The van der Waals surface area contributed by atoms with Gasteiger partial charge in [-0.1, -0.05) is 24.6 Å². The number of fused-ring (bicyclic) bond motifs is 1. The molecule has 0 saturated heterocycles. The first-order valence-electron chi connectivity index (χ1n) is 9.97. The number of anilines is 1. The Hall–Kier alpha value is -3.00. The summed E-state index contributed by atoms with van der Waals surface area (Å²) in [5.74, 6) is 1.46. The summed E-state index contributed by atoms with van der Waals surface area (Å²) in [6, 6.07) is 12.1. The quantitative estimate of drug-likeness (QED) is 0.690. The summed E-state index contributed by atoms with van der Waals surface area (Å²) >= 11 is 0. The van der Waals surface area contributed by atoms with Crippen LogP contribution in [0.4, 0.5) is 5.69 Å². The molecule has 1 aliphatic heterocycles. The second-order valence-corrected chi connectivity index (χ2v) is 9.70. The van der Waals surface area contributed by atoms with Crippen molar-refractivity contribution in [3.8, 4) is 11.4 Å². The van der Waals surface area contributed by atoms with Crippen molar-refractivity contribution in [3.05, 3.63) is 59.4 Å². The van der Waals surface area contributed by atoms with Crippen LogP contribution in [0.25, 0.3) is 11.4 Å². The third-order valence-corrected chi connectivity index (χ3v) is 6.48.